The van der Waals surface area contributed by atoms with E-state index in [0.29, 0.717) is 37.9 Å². The lowest BCUT2D eigenvalue weighted by atomic mass is 10.2. The highest BCUT2D eigenvalue weighted by Gasteiger charge is 2.35. The zero-order chi connectivity index (χ0) is 19.2. The number of hydrogen-bond acceptors (Lipinski definition) is 7. The molecule has 9 nitrogen and oxygen atoms in total. The van der Waals surface area contributed by atoms with Gasteiger partial charge < -0.3 is 15.6 Å². The van der Waals surface area contributed by atoms with E-state index in [1.54, 1.807) is 6.92 Å². The van der Waals surface area contributed by atoms with Gasteiger partial charge in [0.05, 0.1) is 17.4 Å². The molecule has 0 spiro atoms. The molecule has 4 N–H and O–H groups in total. The third-order valence-corrected chi connectivity index (χ3v) is 5.70. The summed E-state index contributed by atoms with van der Waals surface area (Å²) in [5.74, 6) is 5.40. The first-order valence-electron chi connectivity index (χ1n) is 8.47. The maximum atomic E-state index is 12.1. The summed E-state index contributed by atoms with van der Waals surface area (Å²) in [5, 5.41) is 8.68. The molecule has 1 aromatic heterocycles. The number of anilines is 1. The van der Waals surface area contributed by atoms with E-state index < -0.39 is 21.9 Å². The molecule has 0 radical (unpaired) electrons. The molecule has 10 heteroatoms. The fraction of sp³-hybridized carbons (Fsp3) is 0.625. The zero-order valence-corrected chi connectivity index (χ0v) is 15.5. The Morgan fingerprint density at radius 2 is 2.27 bits per heavy atom. The van der Waals surface area contributed by atoms with Gasteiger partial charge in [0, 0.05) is 19.4 Å². The van der Waals surface area contributed by atoms with Crippen LogP contribution in [0.25, 0.3) is 0 Å². The van der Waals surface area contributed by atoms with E-state index in [9.17, 15) is 13.2 Å². The number of nitrogens with one attached hydrogen (secondary N) is 1. The fourth-order valence-corrected chi connectivity index (χ4v) is 3.58. The van der Waals surface area contributed by atoms with Gasteiger partial charge in [-0.2, -0.15) is 4.98 Å². The summed E-state index contributed by atoms with van der Waals surface area (Å²) in [5.41, 5.74) is 5.48. The fourth-order valence-electron chi connectivity index (χ4n) is 2.32. The molecule has 1 saturated carbocycles. The Labute approximate surface area is 152 Å². The molecule has 144 valence electrons. The van der Waals surface area contributed by atoms with Gasteiger partial charge in [0.1, 0.15) is 12.0 Å². The summed E-state index contributed by atoms with van der Waals surface area (Å²) < 4.78 is 32.7. The van der Waals surface area contributed by atoms with Crippen molar-refractivity contribution in [3.8, 4) is 11.8 Å². The van der Waals surface area contributed by atoms with Crippen LogP contribution >= 0.6 is 0 Å². The Balaban J connectivity index is 2.16. The minimum absolute atomic E-state index is 0.0193. The molecule has 0 aliphatic heterocycles. The minimum atomic E-state index is -3.30. The SMILES string of the molecule is CCO[C@H](CCCO)n1cc(C#CCNS(=O)(=O)C2CC2)c(N)nc1=O. The predicted octanol–water partition coefficient (Wildman–Crippen LogP) is -0.434. The van der Waals surface area contributed by atoms with Crippen LogP contribution in [0.3, 0.4) is 0 Å². The molecule has 1 atom stereocenters. The van der Waals surface area contributed by atoms with Gasteiger partial charge in [0.2, 0.25) is 10.0 Å². The Morgan fingerprint density at radius 1 is 1.54 bits per heavy atom. The summed E-state index contributed by atoms with van der Waals surface area (Å²) in [6.07, 6.45) is 3.12. The van der Waals surface area contributed by atoms with Crippen molar-refractivity contribution in [1.29, 1.82) is 0 Å². The van der Waals surface area contributed by atoms with Crippen LogP contribution in [0.4, 0.5) is 5.82 Å². The number of hydrogen-bond donors (Lipinski definition) is 3. The average Bonchev–Trinajstić information content (AvgIpc) is 3.43. The Kier molecular flexibility index (Phi) is 7.16. The predicted molar refractivity (Wildman–Crippen MR) is 96.7 cm³/mol. The standard InChI is InChI=1S/C16H24N4O5S/c1-2-25-14(6-4-10-21)20-11-12(15(17)19-16(20)22)5-3-9-18-26(23,24)13-7-8-13/h11,13-14,18,21H,2,4,6-10H2,1H3,(H2,17,19,22)/t14-/m1/s1. The summed E-state index contributed by atoms with van der Waals surface area (Å²) in [7, 11) is -3.30. The Morgan fingerprint density at radius 3 is 2.88 bits per heavy atom. The molecule has 0 aromatic carbocycles. The number of ether oxygens (including phenoxy) is 1. The highest BCUT2D eigenvalue weighted by atomic mass is 32.2. The van der Waals surface area contributed by atoms with Crippen LogP contribution in [0.15, 0.2) is 11.0 Å². The normalized spacial score (nSPS) is 15.3. The van der Waals surface area contributed by atoms with Gasteiger partial charge in [-0.25, -0.2) is 17.9 Å². The van der Waals surface area contributed by atoms with E-state index in [1.807, 2.05) is 0 Å². The van der Waals surface area contributed by atoms with Crippen molar-refractivity contribution in [2.75, 3.05) is 25.5 Å². The molecule has 1 aliphatic rings. The van der Waals surface area contributed by atoms with Crippen LogP contribution in [0.5, 0.6) is 0 Å². The van der Waals surface area contributed by atoms with Crippen LogP contribution in [0.2, 0.25) is 0 Å². The third kappa shape index (κ3) is 5.54. The van der Waals surface area contributed by atoms with Gasteiger partial charge in [0.25, 0.3) is 0 Å². The lowest BCUT2D eigenvalue weighted by molar-refractivity contribution is -0.00323. The van der Waals surface area contributed by atoms with E-state index in [4.69, 9.17) is 15.6 Å². The van der Waals surface area contributed by atoms with Crippen molar-refractivity contribution < 1.29 is 18.3 Å². The first kappa shape index (κ1) is 20.4. The summed E-state index contributed by atoms with van der Waals surface area (Å²) in [6, 6.07) is 0. The van der Waals surface area contributed by atoms with E-state index in [0.717, 1.165) is 0 Å². The van der Waals surface area contributed by atoms with Crippen molar-refractivity contribution in [1.82, 2.24) is 14.3 Å². The lowest BCUT2D eigenvalue weighted by Crippen LogP contribution is -2.30. The maximum Gasteiger partial charge on any atom is 0.351 e. The number of aliphatic hydroxyl groups excluding tert-OH is 1. The van der Waals surface area contributed by atoms with E-state index >= 15 is 0 Å². The number of rotatable bonds is 9. The smallest absolute Gasteiger partial charge is 0.351 e. The lowest BCUT2D eigenvalue weighted by Gasteiger charge is -2.19. The molecule has 0 saturated heterocycles. The monoisotopic (exact) mass is 384 g/mol. The van der Waals surface area contributed by atoms with Gasteiger partial charge >= 0.3 is 5.69 Å². The van der Waals surface area contributed by atoms with E-state index in [-0.39, 0.29) is 24.2 Å². The highest BCUT2D eigenvalue weighted by Crippen LogP contribution is 2.27. The van der Waals surface area contributed by atoms with Crippen LogP contribution in [0.1, 0.15) is 44.4 Å². The van der Waals surface area contributed by atoms with Crippen LogP contribution in [0, 0.1) is 11.8 Å². The average molecular weight is 384 g/mol. The first-order valence-corrected chi connectivity index (χ1v) is 10.0. The number of nitrogen functional groups attached to an aromatic ring is 1. The summed E-state index contributed by atoms with van der Waals surface area (Å²) >= 11 is 0. The summed E-state index contributed by atoms with van der Waals surface area (Å²) in [4.78, 5) is 15.9. The molecular weight excluding hydrogens is 360 g/mol. The molecule has 1 heterocycles. The second kappa shape index (κ2) is 9.14. The van der Waals surface area contributed by atoms with E-state index in [1.165, 1.54) is 10.8 Å². The van der Waals surface area contributed by atoms with Crippen LogP contribution in [-0.2, 0) is 14.8 Å². The molecule has 26 heavy (non-hydrogen) atoms. The molecule has 0 bridgehead atoms. The van der Waals surface area contributed by atoms with Crippen LogP contribution in [-0.4, -0.2) is 48.1 Å². The van der Waals surface area contributed by atoms with Crippen LogP contribution < -0.4 is 16.1 Å². The number of sulfonamides is 1. The first-order chi connectivity index (χ1) is 12.4. The molecule has 2 rings (SSSR count). The van der Waals surface area contributed by atoms with Crippen molar-refractivity contribution in [2.24, 2.45) is 0 Å². The molecule has 1 fully saturated rings. The zero-order valence-electron chi connectivity index (χ0n) is 14.6. The van der Waals surface area contributed by atoms with Gasteiger partial charge in [-0.05, 0) is 32.6 Å². The molecule has 1 aromatic rings. The van der Waals surface area contributed by atoms with E-state index in [2.05, 4.69) is 21.5 Å². The van der Waals surface area contributed by atoms with Gasteiger partial charge in [0.15, 0.2) is 0 Å². The van der Waals surface area contributed by atoms with Gasteiger partial charge in [-0.3, -0.25) is 4.57 Å². The highest BCUT2D eigenvalue weighted by molar-refractivity contribution is 7.90. The van der Waals surface area contributed by atoms with Crippen molar-refractivity contribution >= 4 is 15.8 Å². The molecular formula is C16H24N4O5S. The van der Waals surface area contributed by atoms with Crippen molar-refractivity contribution in [3.05, 3.63) is 22.2 Å². The largest absolute Gasteiger partial charge is 0.396 e. The number of nitrogens with zero attached hydrogens (tertiary/aromatic N) is 2. The number of aliphatic hydroxyl groups is 1. The summed E-state index contributed by atoms with van der Waals surface area (Å²) in [6.45, 7) is 2.12. The topological polar surface area (TPSA) is 137 Å². The Hall–Kier alpha value is -1.93. The number of nitrogens with two attached hydrogens (primary N) is 1. The number of aromatic nitrogens is 2. The molecule has 1 aliphatic carbocycles. The van der Waals surface area contributed by atoms with Gasteiger partial charge in [-0.1, -0.05) is 11.8 Å². The Bertz CT molecular complexity index is 836. The second-order valence-electron chi connectivity index (χ2n) is 5.87. The second-order valence-corrected chi connectivity index (χ2v) is 7.92. The molecule has 0 amide bonds. The maximum absolute atomic E-state index is 12.1. The molecule has 0 unspecified atom stereocenters. The van der Waals surface area contributed by atoms with Gasteiger partial charge in [-0.15, -0.1) is 0 Å². The quantitative estimate of drug-likeness (QED) is 0.491. The van der Waals surface area contributed by atoms with Crippen molar-refractivity contribution in [2.45, 2.75) is 44.1 Å². The van der Waals surface area contributed by atoms with Crippen molar-refractivity contribution in [3.63, 3.8) is 0 Å². The third-order valence-electron chi connectivity index (χ3n) is 3.81. The minimum Gasteiger partial charge on any atom is -0.396 e.